The lowest BCUT2D eigenvalue weighted by Crippen LogP contribution is -2.23. The third kappa shape index (κ3) is 4.67. The highest BCUT2D eigenvalue weighted by Crippen LogP contribution is 2.23. The summed E-state index contributed by atoms with van der Waals surface area (Å²) < 4.78 is 5.09. The Balaban J connectivity index is 2.80. The minimum absolute atomic E-state index is 0.776. The number of methoxy groups -OCH3 is 1. The zero-order valence-electron chi connectivity index (χ0n) is 12.6. The molecule has 0 spiro atoms. The van der Waals surface area contributed by atoms with Crippen molar-refractivity contribution < 1.29 is 4.74 Å². The van der Waals surface area contributed by atoms with E-state index >= 15 is 0 Å². The van der Waals surface area contributed by atoms with Crippen LogP contribution in [0.3, 0.4) is 0 Å². The van der Waals surface area contributed by atoms with Gasteiger partial charge >= 0.3 is 0 Å². The fourth-order valence-corrected chi connectivity index (χ4v) is 2.01. The molecule has 0 fully saturated rings. The van der Waals surface area contributed by atoms with E-state index in [1.165, 1.54) is 5.56 Å². The maximum absolute atomic E-state index is 5.09. The van der Waals surface area contributed by atoms with Crippen molar-refractivity contribution in [2.45, 2.75) is 33.1 Å². The van der Waals surface area contributed by atoms with Gasteiger partial charge in [0.2, 0.25) is 0 Å². The molecule has 0 aromatic carbocycles. The average Bonchev–Trinajstić information content (AvgIpc) is 2.44. The van der Waals surface area contributed by atoms with Crippen molar-refractivity contribution >= 4 is 11.6 Å². The smallest absolute Gasteiger partial charge is 0.137 e. The molecule has 108 valence electrons. The highest BCUT2D eigenvalue weighted by Gasteiger charge is 2.12. The number of rotatable bonds is 9. The zero-order chi connectivity index (χ0) is 14.1. The molecule has 0 unspecified atom stereocenters. The Morgan fingerprint density at radius 2 is 2.11 bits per heavy atom. The van der Waals surface area contributed by atoms with E-state index in [2.05, 4.69) is 41.1 Å². The first-order chi connectivity index (χ1) is 9.24. The molecule has 1 heterocycles. The van der Waals surface area contributed by atoms with Crippen molar-refractivity contribution in [3.8, 4) is 0 Å². The molecular weight excluding hydrogens is 240 g/mol. The van der Waals surface area contributed by atoms with Crippen LogP contribution in [-0.2, 0) is 11.2 Å². The summed E-state index contributed by atoms with van der Waals surface area (Å²) in [6.45, 7) is 6.94. The molecule has 0 saturated heterocycles. The van der Waals surface area contributed by atoms with Crippen LogP contribution in [-0.4, -0.2) is 43.8 Å². The van der Waals surface area contributed by atoms with Crippen molar-refractivity contribution in [2.75, 3.05) is 44.1 Å². The van der Waals surface area contributed by atoms with Gasteiger partial charge in [0.05, 0.1) is 0 Å². The van der Waals surface area contributed by atoms with Crippen LogP contribution in [0.2, 0.25) is 0 Å². The molecule has 0 amide bonds. The van der Waals surface area contributed by atoms with Gasteiger partial charge in [-0.3, -0.25) is 0 Å². The van der Waals surface area contributed by atoms with Crippen LogP contribution in [0.1, 0.15) is 32.3 Å². The van der Waals surface area contributed by atoms with Gasteiger partial charge in [-0.1, -0.05) is 13.8 Å². The second kappa shape index (κ2) is 8.69. The Bertz CT molecular complexity index is 370. The van der Waals surface area contributed by atoms with Crippen LogP contribution in [0.25, 0.3) is 0 Å². The average molecular weight is 266 g/mol. The Morgan fingerprint density at radius 1 is 1.32 bits per heavy atom. The van der Waals surface area contributed by atoms with Gasteiger partial charge in [0.25, 0.3) is 0 Å². The molecule has 1 N–H and O–H groups in total. The van der Waals surface area contributed by atoms with Crippen molar-refractivity contribution in [1.29, 1.82) is 0 Å². The van der Waals surface area contributed by atoms with Gasteiger partial charge in [0.15, 0.2) is 0 Å². The second-order valence-corrected chi connectivity index (χ2v) is 4.57. The van der Waals surface area contributed by atoms with Gasteiger partial charge in [-0.05, 0) is 19.3 Å². The number of nitrogens with zero attached hydrogens (tertiary/aromatic N) is 3. The van der Waals surface area contributed by atoms with Crippen LogP contribution in [0.4, 0.5) is 11.6 Å². The Hall–Kier alpha value is -1.36. The summed E-state index contributed by atoms with van der Waals surface area (Å²) in [7, 11) is 3.80. The minimum atomic E-state index is 0.776. The lowest BCUT2D eigenvalue weighted by Gasteiger charge is -2.22. The highest BCUT2D eigenvalue weighted by molar-refractivity contribution is 5.58. The Labute approximate surface area is 116 Å². The number of hydrogen-bond donors (Lipinski definition) is 1. The fourth-order valence-electron chi connectivity index (χ4n) is 2.01. The van der Waals surface area contributed by atoms with Gasteiger partial charge in [0, 0.05) is 39.4 Å². The van der Waals surface area contributed by atoms with Crippen molar-refractivity contribution in [3.63, 3.8) is 0 Å². The maximum Gasteiger partial charge on any atom is 0.137 e. The van der Waals surface area contributed by atoms with E-state index in [0.29, 0.717) is 0 Å². The first-order valence-electron chi connectivity index (χ1n) is 7.02. The van der Waals surface area contributed by atoms with Crippen LogP contribution >= 0.6 is 0 Å². The van der Waals surface area contributed by atoms with E-state index in [1.807, 2.05) is 0 Å². The molecule has 0 aliphatic heterocycles. The van der Waals surface area contributed by atoms with E-state index in [-0.39, 0.29) is 0 Å². The van der Waals surface area contributed by atoms with Crippen molar-refractivity contribution in [3.05, 3.63) is 11.9 Å². The number of anilines is 2. The minimum Gasteiger partial charge on any atom is -0.385 e. The summed E-state index contributed by atoms with van der Waals surface area (Å²) in [4.78, 5) is 11.0. The molecule has 5 nitrogen and oxygen atoms in total. The van der Waals surface area contributed by atoms with E-state index in [1.54, 1.807) is 13.4 Å². The van der Waals surface area contributed by atoms with E-state index in [9.17, 15) is 0 Å². The number of nitrogens with one attached hydrogen (secondary N) is 1. The summed E-state index contributed by atoms with van der Waals surface area (Å²) in [5.41, 5.74) is 1.19. The molecule has 0 aliphatic carbocycles. The molecule has 1 aromatic rings. The lowest BCUT2D eigenvalue weighted by atomic mass is 10.2. The van der Waals surface area contributed by atoms with E-state index in [4.69, 9.17) is 4.74 Å². The monoisotopic (exact) mass is 266 g/mol. The Morgan fingerprint density at radius 3 is 2.74 bits per heavy atom. The molecule has 0 aliphatic rings. The normalized spacial score (nSPS) is 10.5. The third-order valence-electron chi connectivity index (χ3n) is 3.02. The SMILES string of the molecule is CCCNc1ncnc(N(C)CCCOC)c1CC. The van der Waals surface area contributed by atoms with Gasteiger partial charge < -0.3 is 15.0 Å². The molecule has 1 rings (SSSR count). The molecule has 0 bridgehead atoms. The molecule has 5 heteroatoms. The summed E-state index contributed by atoms with van der Waals surface area (Å²) in [6.07, 6.45) is 4.65. The Kier molecular flexibility index (Phi) is 7.18. The van der Waals surface area contributed by atoms with Crippen molar-refractivity contribution in [2.24, 2.45) is 0 Å². The quantitative estimate of drug-likeness (QED) is 0.695. The molecule has 0 radical (unpaired) electrons. The van der Waals surface area contributed by atoms with Crippen molar-refractivity contribution in [1.82, 2.24) is 9.97 Å². The fraction of sp³-hybridized carbons (Fsp3) is 0.714. The topological polar surface area (TPSA) is 50.3 Å². The van der Waals surface area contributed by atoms with Crippen LogP contribution in [0.5, 0.6) is 0 Å². The van der Waals surface area contributed by atoms with E-state index in [0.717, 1.165) is 50.6 Å². The predicted molar refractivity (Wildman–Crippen MR) is 80.0 cm³/mol. The van der Waals surface area contributed by atoms with Gasteiger partial charge in [-0.15, -0.1) is 0 Å². The van der Waals surface area contributed by atoms with E-state index < -0.39 is 0 Å². The molecule has 0 saturated carbocycles. The summed E-state index contributed by atoms with van der Waals surface area (Å²) >= 11 is 0. The molecular formula is C14H26N4O. The molecule has 0 atom stereocenters. The van der Waals surface area contributed by atoms with Crippen LogP contribution in [0, 0.1) is 0 Å². The summed E-state index contributed by atoms with van der Waals surface area (Å²) in [6, 6.07) is 0. The van der Waals surface area contributed by atoms with Crippen LogP contribution < -0.4 is 10.2 Å². The van der Waals surface area contributed by atoms with Gasteiger partial charge in [-0.2, -0.15) is 0 Å². The maximum atomic E-state index is 5.09. The van der Waals surface area contributed by atoms with Crippen LogP contribution in [0.15, 0.2) is 6.33 Å². The zero-order valence-corrected chi connectivity index (χ0v) is 12.6. The standard InChI is InChI=1S/C14H26N4O/c1-5-8-15-13-12(6-2)14(17-11-16-13)18(3)9-7-10-19-4/h11H,5-10H2,1-4H3,(H,15,16,17). The molecule has 19 heavy (non-hydrogen) atoms. The lowest BCUT2D eigenvalue weighted by molar-refractivity contribution is 0.196. The third-order valence-corrected chi connectivity index (χ3v) is 3.02. The first kappa shape index (κ1) is 15.7. The number of aromatic nitrogens is 2. The first-order valence-corrected chi connectivity index (χ1v) is 7.02. The largest absolute Gasteiger partial charge is 0.385 e. The second-order valence-electron chi connectivity index (χ2n) is 4.57. The summed E-state index contributed by atoms with van der Waals surface area (Å²) in [5, 5.41) is 3.37. The molecule has 1 aromatic heterocycles. The number of hydrogen-bond acceptors (Lipinski definition) is 5. The van der Waals surface area contributed by atoms with Gasteiger partial charge in [0.1, 0.15) is 18.0 Å². The summed E-state index contributed by atoms with van der Waals surface area (Å²) in [5.74, 6) is 1.99. The highest BCUT2D eigenvalue weighted by atomic mass is 16.5. The van der Waals surface area contributed by atoms with Gasteiger partial charge in [-0.25, -0.2) is 9.97 Å². The predicted octanol–water partition coefficient (Wildman–Crippen LogP) is 2.33. The number of ether oxygens (including phenoxy) is 1.